The maximum atomic E-state index is 14.2. The summed E-state index contributed by atoms with van der Waals surface area (Å²) in [5.74, 6) is -0.833. The largest absolute Gasteiger partial charge is 0.496 e. The predicted molar refractivity (Wildman–Crippen MR) is 191 cm³/mol. The molecule has 1 heterocycles. The highest BCUT2D eigenvalue weighted by Gasteiger charge is 2.49. The van der Waals surface area contributed by atoms with Crippen LogP contribution in [0.5, 0.6) is 5.75 Å². The number of esters is 1. The van der Waals surface area contributed by atoms with Crippen molar-refractivity contribution in [2.75, 3.05) is 26.8 Å². The van der Waals surface area contributed by atoms with Gasteiger partial charge in [0.2, 0.25) is 11.8 Å². The highest BCUT2D eigenvalue weighted by atomic mass is 32.1. The highest BCUT2D eigenvalue weighted by Crippen LogP contribution is 2.48. The SMILES string of the molecule is CCOC(=O)[C@H](C)NC(=O)[C@@]1(c2ccccc2)CC[C@H](C(=O)N2CCC(NC(=O)c3ccccc3OC)CC2)c2ccccc21.S.S. The Morgan fingerprint density at radius 1 is 0.894 bits per heavy atom. The van der Waals surface area contributed by atoms with Gasteiger partial charge >= 0.3 is 5.97 Å². The molecule has 0 unspecified atom stereocenters. The van der Waals surface area contributed by atoms with Gasteiger partial charge in [-0.05, 0) is 68.4 Å². The number of piperidine rings is 1. The first-order chi connectivity index (χ1) is 21.8. The van der Waals surface area contributed by atoms with Crippen LogP contribution in [-0.4, -0.2) is 67.5 Å². The number of ether oxygens (including phenoxy) is 2. The molecule has 0 spiro atoms. The lowest BCUT2D eigenvalue weighted by Crippen LogP contribution is -2.53. The lowest BCUT2D eigenvalue weighted by molar-refractivity contribution is -0.147. The normalized spacial score (nSPS) is 19.5. The number of hydrogen-bond acceptors (Lipinski definition) is 6. The molecular formula is C36H45N3O6S2. The fourth-order valence-corrected chi connectivity index (χ4v) is 6.69. The Morgan fingerprint density at radius 2 is 1.53 bits per heavy atom. The number of rotatable bonds is 9. The topological polar surface area (TPSA) is 114 Å². The summed E-state index contributed by atoms with van der Waals surface area (Å²) >= 11 is 0. The van der Waals surface area contributed by atoms with Crippen molar-refractivity contribution >= 4 is 50.7 Å². The molecule has 5 rings (SSSR count). The van der Waals surface area contributed by atoms with E-state index in [0.717, 1.165) is 16.7 Å². The van der Waals surface area contributed by atoms with Crippen molar-refractivity contribution in [2.24, 2.45) is 0 Å². The third kappa shape index (κ3) is 7.79. The fourth-order valence-electron chi connectivity index (χ4n) is 6.69. The zero-order chi connectivity index (χ0) is 32.0. The van der Waals surface area contributed by atoms with E-state index in [2.05, 4.69) is 10.6 Å². The van der Waals surface area contributed by atoms with Crippen molar-refractivity contribution in [3.63, 3.8) is 0 Å². The molecule has 0 radical (unpaired) electrons. The number of likely N-dealkylation sites (tertiary alicyclic amines) is 1. The van der Waals surface area contributed by atoms with Crippen LogP contribution in [0, 0.1) is 0 Å². The van der Waals surface area contributed by atoms with E-state index in [1.54, 1.807) is 39.2 Å². The molecule has 1 aliphatic heterocycles. The van der Waals surface area contributed by atoms with Gasteiger partial charge in [0.15, 0.2) is 0 Å². The van der Waals surface area contributed by atoms with Gasteiger partial charge in [-0.15, -0.1) is 0 Å². The number of benzene rings is 3. The standard InChI is InChI=1S/C36H41N3O6.2H2S/c1-4-45-34(42)24(2)37-35(43)36(25-12-6-5-7-13-25)21-18-28(27-14-8-10-16-30(27)36)33(41)39-22-19-26(20-23-39)38-32(40)29-15-9-11-17-31(29)44-3;;/h5-17,24,26,28H,4,18-23H2,1-3H3,(H,37,43)(H,38,40);2*1H2/t24-,28-,36+;;/m0../s1. The Balaban J connectivity index is 0.00000300. The smallest absolute Gasteiger partial charge is 0.328 e. The Labute approximate surface area is 290 Å². The van der Waals surface area contributed by atoms with Crippen LogP contribution >= 0.6 is 27.0 Å². The number of nitrogens with one attached hydrogen (secondary N) is 2. The van der Waals surface area contributed by atoms with Crippen LogP contribution < -0.4 is 15.4 Å². The van der Waals surface area contributed by atoms with Crippen LogP contribution in [0.3, 0.4) is 0 Å². The maximum Gasteiger partial charge on any atom is 0.328 e. The van der Waals surface area contributed by atoms with Gasteiger partial charge in [-0.2, -0.15) is 27.0 Å². The first-order valence-corrected chi connectivity index (χ1v) is 15.6. The average Bonchev–Trinajstić information content (AvgIpc) is 3.08. The van der Waals surface area contributed by atoms with E-state index in [1.165, 1.54) is 0 Å². The number of methoxy groups -OCH3 is 1. The average molecular weight is 680 g/mol. The van der Waals surface area contributed by atoms with Crippen molar-refractivity contribution in [1.82, 2.24) is 15.5 Å². The number of fused-ring (bicyclic) bond motifs is 1. The third-order valence-electron chi connectivity index (χ3n) is 9.04. The molecule has 47 heavy (non-hydrogen) atoms. The Morgan fingerprint density at radius 3 is 2.21 bits per heavy atom. The van der Waals surface area contributed by atoms with Gasteiger partial charge in [0.05, 0.1) is 30.6 Å². The van der Waals surface area contributed by atoms with Crippen molar-refractivity contribution < 1.29 is 28.7 Å². The second-order valence-corrected chi connectivity index (χ2v) is 11.7. The van der Waals surface area contributed by atoms with E-state index in [-0.39, 0.29) is 57.4 Å². The number of carbonyl (C=O) groups excluding carboxylic acids is 4. The summed E-state index contributed by atoms with van der Waals surface area (Å²) in [4.78, 5) is 55.5. The number of hydrogen-bond donors (Lipinski definition) is 2. The molecule has 0 saturated carbocycles. The molecule has 2 aliphatic rings. The molecule has 1 aliphatic carbocycles. The molecular weight excluding hydrogens is 635 g/mol. The number of carbonyl (C=O) groups is 4. The summed E-state index contributed by atoms with van der Waals surface area (Å²) in [6.07, 6.45) is 2.15. The molecule has 0 bridgehead atoms. The van der Waals surface area contributed by atoms with Crippen molar-refractivity contribution in [3.8, 4) is 5.75 Å². The Bertz CT molecular complexity index is 1550. The third-order valence-corrected chi connectivity index (χ3v) is 9.04. The molecule has 3 atom stereocenters. The maximum absolute atomic E-state index is 14.2. The molecule has 3 amide bonds. The van der Waals surface area contributed by atoms with Gasteiger partial charge in [0, 0.05) is 19.1 Å². The Kier molecular flexibility index (Phi) is 13.4. The van der Waals surface area contributed by atoms with Crippen LogP contribution in [0.1, 0.15) is 72.5 Å². The van der Waals surface area contributed by atoms with E-state index >= 15 is 0 Å². The summed E-state index contributed by atoms with van der Waals surface area (Å²) in [6.45, 7) is 4.62. The monoisotopic (exact) mass is 679 g/mol. The van der Waals surface area contributed by atoms with Gasteiger partial charge in [0.25, 0.3) is 5.91 Å². The van der Waals surface area contributed by atoms with Gasteiger partial charge < -0.3 is 25.0 Å². The molecule has 9 nitrogen and oxygen atoms in total. The highest BCUT2D eigenvalue weighted by molar-refractivity contribution is 7.59. The quantitative estimate of drug-likeness (QED) is 0.321. The summed E-state index contributed by atoms with van der Waals surface area (Å²) in [6, 6.07) is 23.5. The van der Waals surface area contributed by atoms with E-state index in [4.69, 9.17) is 9.47 Å². The van der Waals surface area contributed by atoms with Crippen LogP contribution in [0.25, 0.3) is 0 Å². The minimum absolute atomic E-state index is 0. The minimum atomic E-state index is -1.08. The first kappa shape index (κ1) is 37.5. The van der Waals surface area contributed by atoms with Crippen LogP contribution in [-0.2, 0) is 24.5 Å². The van der Waals surface area contributed by atoms with Gasteiger partial charge in [-0.3, -0.25) is 14.4 Å². The molecule has 0 aromatic heterocycles. The predicted octanol–water partition coefficient (Wildman–Crippen LogP) is 4.57. The van der Waals surface area contributed by atoms with Crippen LogP contribution in [0.4, 0.5) is 0 Å². The van der Waals surface area contributed by atoms with E-state index in [1.807, 2.05) is 65.6 Å². The molecule has 3 aromatic rings. The number of nitrogens with zero attached hydrogens (tertiary/aromatic N) is 1. The van der Waals surface area contributed by atoms with Crippen molar-refractivity contribution in [2.45, 2.75) is 62.9 Å². The molecule has 3 aromatic carbocycles. The van der Waals surface area contributed by atoms with Gasteiger partial charge in [-0.1, -0.05) is 66.7 Å². The van der Waals surface area contributed by atoms with E-state index in [0.29, 0.717) is 50.1 Å². The van der Waals surface area contributed by atoms with Gasteiger partial charge in [-0.25, -0.2) is 4.79 Å². The first-order valence-electron chi connectivity index (χ1n) is 15.6. The van der Waals surface area contributed by atoms with Gasteiger partial charge in [0.1, 0.15) is 11.8 Å². The summed E-state index contributed by atoms with van der Waals surface area (Å²) < 4.78 is 10.5. The molecule has 252 valence electrons. The van der Waals surface area contributed by atoms with Crippen molar-refractivity contribution in [1.29, 1.82) is 0 Å². The minimum Gasteiger partial charge on any atom is -0.496 e. The lowest BCUT2D eigenvalue weighted by Gasteiger charge is -2.43. The summed E-state index contributed by atoms with van der Waals surface area (Å²) in [7, 11) is 1.54. The van der Waals surface area contributed by atoms with Crippen molar-refractivity contribution in [3.05, 3.63) is 101 Å². The summed E-state index contributed by atoms with van der Waals surface area (Å²) in [5.41, 5.74) is 1.81. The molecule has 1 fully saturated rings. The number of amides is 3. The molecule has 2 N–H and O–H groups in total. The Hall–Kier alpha value is -3.96. The van der Waals surface area contributed by atoms with E-state index < -0.39 is 23.3 Å². The molecule has 1 saturated heterocycles. The van der Waals surface area contributed by atoms with E-state index in [9.17, 15) is 19.2 Å². The van der Waals surface area contributed by atoms with Crippen LogP contribution in [0.2, 0.25) is 0 Å². The fraction of sp³-hybridized carbons (Fsp3) is 0.389. The zero-order valence-electron chi connectivity index (χ0n) is 27.1. The molecule has 11 heteroatoms. The summed E-state index contributed by atoms with van der Waals surface area (Å²) in [5, 5.41) is 6.01. The second-order valence-electron chi connectivity index (χ2n) is 11.7. The zero-order valence-corrected chi connectivity index (χ0v) is 29.1. The lowest BCUT2D eigenvalue weighted by atomic mass is 9.62. The second kappa shape index (κ2) is 16.7. The van der Waals surface area contributed by atoms with Crippen LogP contribution in [0.15, 0.2) is 78.9 Å². The number of para-hydroxylation sites is 1.